The van der Waals surface area contributed by atoms with Crippen molar-refractivity contribution in [1.29, 1.82) is 0 Å². The summed E-state index contributed by atoms with van der Waals surface area (Å²) in [7, 11) is 0. The minimum atomic E-state index is 0.713. The lowest BCUT2D eigenvalue weighted by Crippen LogP contribution is -2.06. The molecule has 0 bridgehead atoms. The van der Waals surface area contributed by atoms with E-state index in [0.29, 0.717) is 5.69 Å². The maximum Gasteiger partial charge on any atom is 0.160 e. The van der Waals surface area contributed by atoms with Crippen LogP contribution in [0.15, 0.2) is 18.7 Å². The largest absolute Gasteiger partial charge is 0.394 e. The number of nitrogens with two attached hydrogens (primary N) is 1. The van der Waals surface area contributed by atoms with Crippen molar-refractivity contribution in [3.63, 3.8) is 0 Å². The quantitative estimate of drug-likeness (QED) is 0.769. The summed E-state index contributed by atoms with van der Waals surface area (Å²) in [6.45, 7) is 4.74. The minimum Gasteiger partial charge on any atom is -0.394 e. The number of aromatic nitrogens is 4. The van der Waals surface area contributed by atoms with Crippen LogP contribution in [0.2, 0.25) is 0 Å². The monoisotopic (exact) mass is 191 g/mol. The molecule has 0 saturated heterocycles. The first kappa shape index (κ1) is 8.80. The topological polar surface area (TPSA) is 61.7 Å². The van der Waals surface area contributed by atoms with Gasteiger partial charge in [0.05, 0.1) is 11.4 Å². The highest BCUT2D eigenvalue weighted by Gasteiger charge is 2.12. The normalized spacial score (nSPS) is 10.7. The molecule has 5 nitrogen and oxygen atoms in total. The van der Waals surface area contributed by atoms with Crippen LogP contribution in [0.3, 0.4) is 0 Å². The number of nitrogens with zero attached hydrogens (tertiary/aromatic N) is 4. The third kappa shape index (κ3) is 1.17. The van der Waals surface area contributed by atoms with Crippen molar-refractivity contribution >= 4 is 5.69 Å². The van der Waals surface area contributed by atoms with E-state index in [9.17, 15) is 0 Å². The zero-order chi connectivity index (χ0) is 10.1. The first-order valence-electron chi connectivity index (χ1n) is 4.55. The van der Waals surface area contributed by atoms with Crippen molar-refractivity contribution in [2.45, 2.75) is 20.4 Å². The number of rotatable bonds is 2. The zero-order valence-electron chi connectivity index (χ0n) is 8.31. The molecular formula is C9H13N5. The lowest BCUT2D eigenvalue weighted by molar-refractivity contribution is 0.633. The van der Waals surface area contributed by atoms with Crippen LogP contribution in [0, 0.1) is 6.92 Å². The number of nitrogen functional groups attached to an aromatic ring is 1. The lowest BCUT2D eigenvalue weighted by Gasteiger charge is -2.05. The first-order valence-corrected chi connectivity index (χ1v) is 4.55. The molecule has 74 valence electrons. The zero-order valence-corrected chi connectivity index (χ0v) is 8.31. The van der Waals surface area contributed by atoms with E-state index in [4.69, 9.17) is 5.73 Å². The first-order chi connectivity index (χ1) is 6.74. The number of hydrogen-bond acceptors (Lipinski definition) is 3. The highest BCUT2D eigenvalue weighted by atomic mass is 15.4. The van der Waals surface area contributed by atoms with Crippen LogP contribution in [0.25, 0.3) is 5.82 Å². The molecule has 0 spiro atoms. The Morgan fingerprint density at radius 3 is 2.86 bits per heavy atom. The lowest BCUT2D eigenvalue weighted by atomic mass is 10.4. The van der Waals surface area contributed by atoms with Gasteiger partial charge in [-0.15, -0.1) is 0 Å². The highest BCUT2D eigenvalue weighted by molar-refractivity contribution is 5.57. The molecule has 5 heteroatoms. The molecule has 2 N–H and O–H groups in total. The van der Waals surface area contributed by atoms with Gasteiger partial charge in [-0.3, -0.25) is 4.57 Å². The number of imidazole rings is 1. The maximum absolute atomic E-state index is 5.94. The maximum atomic E-state index is 5.94. The Labute approximate surface area is 82.2 Å². The van der Waals surface area contributed by atoms with Crippen LogP contribution < -0.4 is 5.73 Å². The van der Waals surface area contributed by atoms with Gasteiger partial charge in [0.2, 0.25) is 0 Å². The van der Waals surface area contributed by atoms with E-state index in [-0.39, 0.29) is 0 Å². The molecule has 14 heavy (non-hydrogen) atoms. The van der Waals surface area contributed by atoms with E-state index in [2.05, 4.69) is 10.1 Å². The van der Waals surface area contributed by atoms with Gasteiger partial charge in [-0.2, -0.15) is 5.10 Å². The van der Waals surface area contributed by atoms with E-state index < -0.39 is 0 Å². The van der Waals surface area contributed by atoms with E-state index in [1.807, 2.05) is 29.3 Å². The second-order valence-corrected chi connectivity index (χ2v) is 3.11. The summed E-state index contributed by atoms with van der Waals surface area (Å²) in [5.41, 5.74) is 7.51. The second kappa shape index (κ2) is 3.17. The molecule has 0 fully saturated rings. The van der Waals surface area contributed by atoms with Crippen molar-refractivity contribution in [2.24, 2.45) is 0 Å². The molecule has 0 atom stereocenters. The standard InChI is InChI=1S/C9H13N5/c1-3-14-9(8(10)7(2)12-14)13-5-4-11-6-13/h4-6H,3,10H2,1-2H3. The Morgan fingerprint density at radius 1 is 1.50 bits per heavy atom. The number of anilines is 1. The second-order valence-electron chi connectivity index (χ2n) is 3.11. The third-order valence-corrected chi connectivity index (χ3v) is 2.19. The summed E-state index contributed by atoms with van der Waals surface area (Å²) in [5, 5.41) is 4.33. The fraction of sp³-hybridized carbons (Fsp3) is 0.333. The SMILES string of the molecule is CCn1nc(C)c(N)c1-n1ccnc1. The molecule has 0 aliphatic rings. The average molecular weight is 191 g/mol. The average Bonchev–Trinajstić information content (AvgIpc) is 2.76. The minimum absolute atomic E-state index is 0.713. The highest BCUT2D eigenvalue weighted by Crippen LogP contribution is 2.20. The van der Waals surface area contributed by atoms with Crippen LogP contribution in [0.4, 0.5) is 5.69 Å². The van der Waals surface area contributed by atoms with Gasteiger partial charge < -0.3 is 5.73 Å². The predicted molar refractivity (Wildman–Crippen MR) is 54.2 cm³/mol. The molecule has 0 amide bonds. The predicted octanol–water partition coefficient (Wildman–Crippen LogP) is 0.979. The van der Waals surface area contributed by atoms with Crippen molar-refractivity contribution < 1.29 is 0 Å². The van der Waals surface area contributed by atoms with Crippen molar-refractivity contribution in [1.82, 2.24) is 19.3 Å². The van der Waals surface area contributed by atoms with Gasteiger partial charge in [-0.1, -0.05) is 0 Å². The van der Waals surface area contributed by atoms with Crippen LogP contribution >= 0.6 is 0 Å². The van der Waals surface area contributed by atoms with Crippen LogP contribution in [-0.4, -0.2) is 19.3 Å². The Morgan fingerprint density at radius 2 is 2.29 bits per heavy atom. The molecule has 2 heterocycles. The molecule has 0 aliphatic heterocycles. The van der Waals surface area contributed by atoms with Crippen LogP contribution in [-0.2, 0) is 6.54 Å². The molecule has 0 saturated carbocycles. The fourth-order valence-corrected chi connectivity index (χ4v) is 1.46. The van der Waals surface area contributed by atoms with Gasteiger partial charge in [0.15, 0.2) is 5.82 Å². The Kier molecular flexibility index (Phi) is 1.99. The summed E-state index contributed by atoms with van der Waals surface area (Å²) < 4.78 is 3.74. The van der Waals surface area contributed by atoms with Gasteiger partial charge in [0, 0.05) is 18.9 Å². The van der Waals surface area contributed by atoms with Crippen molar-refractivity contribution in [3.05, 3.63) is 24.4 Å². The Hall–Kier alpha value is -1.78. The summed E-state index contributed by atoms with van der Waals surface area (Å²) in [4.78, 5) is 3.99. The summed E-state index contributed by atoms with van der Waals surface area (Å²) >= 11 is 0. The molecule has 2 rings (SSSR count). The van der Waals surface area contributed by atoms with E-state index in [1.54, 1.807) is 12.5 Å². The third-order valence-electron chi connectivity index (χ3n) is 2.19. The fourth-order valence-electron chi connectivity index (χ4n) is 1.46. The molecule has 0 aromatic carbocycles. The molecule has 2 aromatic rings. The van der Waals surface area contributed by atoms with Gasteiger partial charge in [-0.05, 0) is 13.8 Å². The van der Waals surface area contributed by atoms with Gasteiger partial charge in [-0.25, -0.2) is 9.67 Å². The molecule has 2 aromatic heterocycles. The Bertz CT molecular complexity index is 426. The van der Waals surface area contributed by atoms with E-state index in [1.165, 1.54) is 0 Å². The summed E-state index contributed by atoms with van der Waals surface area (Å²) in [6, 6.07) is 0. The smallest absolute Gasteiger partial charge is 0.160 e. The van der Waals surface area contributed by atoms with Crippen molar-refractivity contribution in [2.75, 3.05) is 5.73 Å². The molecule has 0 radical (unpaired) electrons. The van der Waals surface area contributed by atoms with E-state index in [0.717, 1.165) is 18.1 Å². The molecule has 0 aliphatic carbocycles. The van der Waals surface area contributed by atoms with Crippen molar-refractivity contribution in [3.8, 4) is 5.82 Å². The molecular weight excluding hydrogens is 178 g/mol. The van der Waals surface area contributed by atoms with Gasteiger partial charge in [0.25, 0.3) is 0 Å². The van der Waals surface area contributed by atoms with E-state index >= 15 is 0 Å². The summed E-state index contributed by atoms with van der Waals surface area (Å²) in [6.07, 6.45) is 5.31. The Balaban J connectivity index is 2.61. The number of hydrogen-bond donors (Lipinski definition) is 1. The van der Waals surface area contributed by atoms with Gasteiger partial charge >= 0.3 is 0 Å². The van der Waals surface area contributed by atoms with Gasteiger partial charge in [0.1, 0.15) is 6.33 Å². The van der Waals surface area contributed by atoms with Crippen LogP contribution in [0.1, 0.15) is 12.6 Å². The summed E-state index contributed by atoms with van der Waals surface area (Å²) in [5.74, 6) is 0.891. The van der Waals surface area contributed by atoms with Crippen LogP contribution in [0.5, 0.6) is 0 Å². The molecule has 0 unspecified atom stereocenters. The number of aryl methyl sites for hydroxylation is 2.